The third-order valence-corrected chi connectivity index (χ3v) is 16.6. The van der Waals surface area contributed by atoms with Gasteiger partial charge in [-0.15, -0.1) is 15.3 Å². The van der Waals surface area contributed by atoms with E-state index < -0.39 is 139 Å². The van der Waals surface area contributed by atoms with Crippen LogP contribution in [0.5, 0.6) is 0 Å². The van der Waals surface area contributed by atoms with Crippen LogP contribution in [0.4, 0.5) is 30.6 Å². The summed E-state index contributed by atoms with van der Waals surface area (Å²) >= 11 is 0. The van der Waals surface area contributed by atoms with E-state index >= 15 is 4.39 Å². The van der Waals surface area contributed by atoms with Crippen molar-refractivity contribution >= 4 is 96.8 Å². The molecular weight excluding hydrogens is 1340 g/mol. The number of anilines is 3. The molecule has 9 heterocycles. The minimum Gasteiger partial charge on any atom is -0.468 e. The quantitative estimate of drug-likeness (QED) is 0.0236. The van der Waals surface area contributed by atoms with Gasteiger partial charge in [-0.05, 0) is 53.2 Å². The van der Waals surface area contributed by atoms with Gasteiger partial charge in [-0.3, -0.25) is 23.5 Å². The number of ether oxygens (including phenoxy) is 9. The maximum Gasteiger partial charge on any atom is 0.351 e. The smallest absolute Gasteiger partial charge is 0.351 e. The topological polar surface area (TPSA) is 581 Å². The lowest BCUT2D eigenvalue weighted by Crippen LogP contribution is -2.43. The molecule has 7 aromatic rings. The van der Waals surface area contributed by atoms with Crippen LogP contribution in [-0.4, -0.2) is 239 Å². The third-order valence-electron chi connectivity index (χ3n) is 13.2. The zero-order valence-corrected chi connectivity index (χ0v) is 53.9. The Morgan fingerprint density at radius 2 is 0.979 bits per heavy atom. The number of aromatic nitrogens is 15. The van der Waals surface area contributed by atoms with Crippen LogP contribution in [-0.2, 0) is 70.7 Å². The number of benzene rings is 1. The number of esters is 3. The van der Waals surface area contributed by atoms with Gasteiger partial charge in [0.2, 0.25) is 7.44 Å². The van der Waals surface area contributed by atoms with Crippen molar-refractivity contribution in [2.24, 2.45) is 5.73 Å². The molecule has 3 fully saturated rings. The van der Waals surface area contributed by atoms with Gasteiger partial charge in [0.05, 0.1) is 25.8 Å². The fourth-order valence-corrected chi connectivity index (χ4v) is 11.3. The summed E-state index contributed by atoms with van der Waals surface area (Å²) in [4.78, 5) is 86.9. The van der Waals surface area contributed by atoms with E-state index in [9.17, 15) is 51.9 Å². The van der Waals surface area contributed by atoms with E-state index in [1.54, 1.807) is 25.1 Å². The predicted molar refractivity (Wildman–Crippen MR) is 317 cm³/mol. The SMILES string of the molecule is CC(=O)[C@H](C)N.COC(=O)[C@H](C)NP(=O)(CO[C@H]1O[C@@H](n2nnc3c(N)ncnc32)[C@H](O)[C@@H]1F)N[C@@H](C)C(=O)OC.CP(C)(=O)CO[C@H]1O[C@@H](n2nnc3c(N)ncnc32)[C@H](OC(=O)c2ccccc2)[C@@H]1F.Nc1ncnc2c1nnn2[C@@H]1O[C@H](OCP(=O)(O)O)[C@@H](F)[C@H]1O. The number of rotatable bonds is 21. The second-order valence-corrected chi connectivity index (χ2v) is 28.4. The van der Waals surface area contributed by atoms with Crippen LogP contribution in [0.15, 0.2) is 49.3 Å². The number of methoxy groups -OCH3 is 2. The van der Waals surface area contributed by atoms with Gasteiger partial charge in [0.25, 0.3) is 0 Å². The fraction of sp³-hybridized carbons (Fsp3) is 0.542. The lowest BCUT2D eigenvalue weighted by molar-refractivity contribution is -0.160. The van der Waals surface area contributed by atoms with Crippen LogP contribution < -0.4 is 33.1 Å². The van der Waals surface area contributed by atoms with Gasteiger partial charge < -0.3 is 90.1 Å². The van der Waals surface area contributed by atoms with Crippen molar-refractivity contribution in [2.75, 3.05) is 63.8 Å². The number of halogens is 3. The number of alkyl halides is 3. The van der Waals surface area contributed by atoms with Gasteiger partial charge in [-0.25, -0.2) is 58.0 Å². The van der Waals surface area contributed by atoms with Crippen LogP contribution >= 0.6 is 22.2 Å². The maximum atomic E-state index is 15.3. The van der Waals surface area contributed by atoms with Gasteiger partial charge in [-0.1, -0.05) is 33.8 Å². The summed E-state index contributed by atoms with van der Waals surface area (Å²) in [5.41, 5.74) is 23.2. The monoisotopic (exact) mass is 1410 g/mol. The minimum absolute atomic E-state index is 0.0240. The summed E-state index contributed by atoms with van der Waals surface area (Å²) < 4.78 is 130. The molecule has 47 heteroatoms. The van der Waals surface area contributed by atoms with Gasteiger partial charge in [0.15, 0.2) is 119 Å². The summed E-state index contributed by atoms with van der Waals surface area (Å²) in [7, 11) is -8.76. The van der Waals surface area contributed by atoms with E-state index in [-0.39, 0.29) is 74.7 Å². The summed E-state index contributed by atoms with van der Waals surface area (Å²) in [5.74, 6) is -2.06. The number of ketones is 1. The number of carbonyl (C=O) groups is 4. The highest BCUT2D eigenvalue weighted by molar-refractivity contribution is 7.62. The van der Waals surface area contributed by atoms with Crippen molar-refractivity contribution in [1.82, 2.24) is 85.1 Å². The Hall–Kier alpha value is -7.90. The molecule has 14 N–H and O–H groups in total. The molecule has 0 spiro atoms. The number of nitrogen functional groups attached to an aromatic ring is 3. The largest absolute Gasteiger partial charge is 0.468 e. The normalized spacial score (nSPS) is 24.5. The zero-order chi connectivity index (χ0) is 70.0. The lowest BCUT2D eigenvalue weighted by atomic mass is 10.2. The molecular formula is C48H67F3N21O20P3. The van der Waals surface area contributed by atoms with Crippen LogP contribution in [0.3, 0.4) is 0 Å². The van der Waals surface area contributed by atoms with Crippen molar-refractivity contribution in [3.05, 3.63) is 54.9 Å². The van der Waals surface area contributed by atoms with Crippen LogP contribution in [0.1, 0.15) is 56.7 Å². The van der Waals surface area contributed by atoms with Crippen molar-refractivity contribution in [3.8, 4) is 0 Å². The number of carbonyl (C=O) groups excluding carboxylic acids is 4. The molecule has 0 saturated carbocycles. The number of hydrogen-bond donors (Lipinski definition) is 10. The molecule has 3 aliphatic heterocycles. The number of nitrogens with zero attached hydrogens (tertiary/aromatic N) is 15. The zero-order valence-electron chi connectivity index (χ0n) is 51.2. The highest BCUT2D eigenvalue weighted by atomic mass is 31.2. The summed E-state index contributed by atoms with van der Waals surface area (Å²) in [6.07, 6.45) is -18.3. The molecule has 3 saturated heterocycles. The molecule has 0 unspecified atom stereocenters. The van der Waals surface area contributed by atoms with Crippen molar-refractivity contribution in [1.29, 1.82) is 0 Å². The van der Waals surface area contributed by atoms with E-state index in [0.717, 1.165) is 40.9 Å². The molecule has 10 rings (SSSR count). The highest BCUT2D eigenvalue weighted by Crippen LogP contribution is 2.44. The van der Waals surface area contributed by atoms with Gasteiger partial charge in [0.1, 0.15) is 68.9 Å². The van der Waals surface area contributed by atoms with Crippen LogP contribution in [0.2, 0.25) is 0 Å². The number of aliphatic hydroxyl groups excluding tert-OH is 2. The average molecular weight is 1410 g/mol. The Kier molecular flexibility index (Phi) is 24.9. The first kappa shape index (κ1) is 74.5. The molecule has 6 aromatic heterocycles. The molecule has 1 aromatic carbocycles. The molecule has 0 aliphatic carbocycles. The van der Waals surface area contributed by atoms with Crippen LogP contribution in [0.25, 0.3) is 33.5 Å². The standard InChI is InChI=1S/C18H20FN6O5P.C17H26FN8O8P.C9H12FN6O6P.C4H9NO/c1-31(2,27)9-28-18-11(19)13(29-17(26)10-6-4-3-5-7-10)16(30-18)25-15-12(23-24-25)14(20)21-8-22-15;1-7(15(28)31-3)23-35(30,24-8(2)16(29)32-4)6-33-17-9(18)11(27)14(34-17)26-13-10(22-25-26)12(19)20-5-21-13;10-3-5(17)8(22-9(3)21-2-23(18,19)20)16-7-4(14-15-16)6(11)12-1-13-7;1-3(5)4(2)6/h3-8,11,13,16,18H,9H2,1-2H3,(H2,20,21,22);5,7-9,11,14,17,27H,6H2,1-4H3,(H2,19,20,21)(H2,23,24,30);1,3,5,8-9,17H,2H2,(H2,11,12,13)(H2,18,19,20);3H,5H2,1-2H3/t11-,13+,16+,18-;7-,8-,9-,11+,14+,17-;3-,5+,8+,9-;3-/m0000/s1. The number of aliphatic hydroxyl groups is 2. The lowest BCUT2D eigenvalue weighted by Gasteiger charge is -2.27. The van der Waals surface area contributed by atoms with Crippen molar-refractivity contribution in [3.63, 3.8) is 0 Å². The predicted octanol–water partition coefficient (Wildman–Crippen LogP) is -0.922. The first-order chi connectivity index (χ1) is 44.7. The number of Topliss-reactive ketones (excluding diaryl/α,β-unsaturated/α-hetero) is 1. The van der Waals surface area contributed by atoms with Gasteiger partial charge in [0, 0.05) is 0 Å². The minimum atomic E-state index is -4.51. The highest BCUT2D eigenvalue weighted by Gasteiger charge is 2.52. The summed E-state index contributed by atoms with van der Waals surface area (Å²) in [5, 5.41) is 48.2. The second-order valence-electron chi connectivity index (χ2n) is 21.1. The van der Waals surface area contributed by atoms with Crippen molar-refractivity contribution in [2.45, 2.75) is 120 Å². The summed E-state index contributed by atoms with van der Waals surface area (Å²) in [6.45, 7) is 8.90. The van der Waals surface area contributed by atoms with E-state index in [0.29, 0.717) is 0 Å². The Bertz CT molecular complexity index is 3930. The van der Waals surface area contributed by atoms with Gasteiger partial charge >= 0.3 is 25.5 Å². The molecule has 0 radical (unpaired) electrons. The first-order valence-electron chi connectivity index (χ1n) is 27.6. The van der Waals surface area contributed by atoms with E-state index in [2.05, 4.69) is 85.2 Å². The number of nitrogens with two attached hydrogens (primary N) is 4. The molecule has 0 bridgehead atoms. The Labute approximate surface area is 533 Å². The fourth-order valence-electron chi connectivity index (χ4n) is 8.37. The average Bonchev–Trinajstić information content (AvgIpc) is 1.65. The molecule has 95 heavy (non-hydrogen) atoms. The number of nitrogens with one attached hydrogen (secondary N) is 2. The second kappa shape index (κ2) is 31.8. The van der Waals surface area contributed by atoms with E-state index in [4.69, 9.17) is 61.1 Å². The summed E-state index contributed by atoms with van der Waals surface area (Å²) in [6, 6.07) is 5.68. The van der Waals surface area contributed by atoms with Crippen molar-refractivity contribution < 1.29 is 109 Å². The van der Waals surface area contributed by atoms with E-state index in [1.165, 1.54) is 52.6 Å². The molecule has 15 atom stereocenters. The Morgan fingerprint density at radius 3 is 1.36 bits per heavy atom. The molecule has 3 aliphatic rings. The number of hydrogen-bond acceptors (Lipinski definition) is 34. The van der Waals surface area contributed by atoms with E-state index in [1.807, 2.05) is 0 Å². The Balaban J connectivity index is 0.000000196. The van der Waals surface area contributed by atoms with Crippen LogP contribution in [0, 0.1) is 0 Å². The maximum absolute atomic E-state index is 15.3. The molecule has 520 valence electrons. The first-order valence-corrected chi connectivity index (χ1v) is 34.1. The molecule has 41 nitrogen and oxygen atoms in total. The van der Waals surface area contributed by atoms with Gasteiger partial charge in [-0.2, -0.15) is 14.0 Å². The number of fused-ring (bicyclic) bond motifs is 3. The molecule has 0 amide bonds. The Morgan fingerprint density at radius 1 is 0.611 bits per heavy atom. The third kappa shape index (κ3) is 18.6.